The van der Waals surface area contributed by atoms with Crippen molar-refractivity contribution >= 4 is 5.78 Å². The first-order valence-corrected chi connectivity index (χ1v) is 3.70. The number of hydrogen-bond donors (Lipinski definition) is 0. The van der Waals surface area contributed by atoms with Crippen molar-refractivity contribution in [3.63, 3.8) is 0 Å². The summed E-state index contributed by atoms with van der Waals surface area (Å²) < 4.78 is 176. The van der Waals surface area contributed by atoms with Crippen LogP contribution in [0.2, 0.25) is 0 Å². The molecule has 0 aliphatic heterocycles. The number of carbonyl (C=O) groups excluding carboxylic acids is 1. The van der Waals surface area contributed by atoms with Crippen LogP contribution >= 0.6 is 0 Å². The molecule has 0 unspecified atom stereocenters. The Morgan fingerprint density at radius 2 is 1.21 bits per heavy atom. The largest absolute Gasteiger partial charge is 0.299 e. The second-order valence-electron chi connectivity index (χ2n) is 2.33. The van der Waals surface area contributed by atoms with Gasteiger partial charge in [-0.25, -0.2) is 0 Å². The van der Waals surface area contributed by atoms with Crippen LogP contribution in [0.4, 0.5) is 0 Å². The maximum Gasteiger partial charge on any atom is 0.139 e. The third-order valence-electron chi connectivity index (χ3n) is 1.45. The summed E-state index contributed by atoms with van der Waals surface area (Å²) >= 11 is 0. The van der Waals surface area contributed by atoms with Crippen LogP contribution in [0.15, 0.2) is 0 Å². The molecule has 0 aromatic heterocycles. The third kappa shape index (κ3) is 2.37. The van der Waals surface area contributed by atoms with E-state index in [0.29, 0.717) is 0 Å². The number of Topliss-reactive ketones (excluding diaryl/α,β-unsaturated/α-hetero) is 1. The summed E-state index contributed by atoms with van der Waals surface area (Å²) in [6.07, 6.45) is -43.4. The molecular weight excluding hydrogens is 172 g/mol. The summed E-state index contributed by atoms with van der Waals surface area (Å²) in [5.41, 5.74) is 0. The number of ketones is 1. The first-order chi connectivity index (χ1) is 15.2. The van der Waals surface area contributed by atoms with E-state index in [2.05, 4.69) is 0 Å². The highest BCUT2D eigenvalue weighted by atomic mass is 16.1. The molecule has 80 valence electrons. The van der Waals surface area contributed by atoms with E-state index >= 15 is 0 Å². The van der Waals surface area contributed by atoms with Gasteiger partial charge in [0.15, 0.2) is 0 Å². The molecule has 1 nitrogen and oxygen atoms in total. The Bertz CT molecular complexity index is 836. The van der Waals surface area contributed by atoms with E-state index in [1.807, 2.05) is 0 Å². The van der Waals surface area contributed by atoms with E-state index in [4.69, 9.17) is 30.2 Å². The lowest BCUT2D eigenvalue weighted by Gasteiger charge is -2.27. The number of hydrogen-bond acceptors (Lipinski definition) is 1. The predicted octanol–water partition coefficient (Wildman–Crippen LogP) is 3.72. The highest BCUT2D eigenvalue weighted by Crippen LogP contribution is 2.32. The molecule has 2 aliphatic carbocycles. The quantitative estimate of drug-likeness (QED) is 0.687. The Labute approximate surface area is 118 Å². The minimum Gasteiger partial charge on any atom is -0.299 e. The fourth-order valence-corrected chi connectivity index (χ4v) is 0.852. The summed E-state index contributed by atoms with van der Waals surface area (Å²) in [6, 6.07) is 0. The van der Waals surface area contributed by atoms with Crippen LogP contribution in [0, 0.1) is 11.8 Å². The fourth-order valence-electron chi connectivity index (χ4n) is 0.852. The zero-order valence-corrected chi connectivity index (χ0v) is 6.91. The number of rotatable bonds is 2. The SMILES string of the molecule is [2H]C1([2H])C([2H])([2H])C([2H])([2H])C([2H])(C(=O)C2([2H])C([2H])([2H])C([2H])([2H])C([2H])([2H])C([2H])([2H])C2([2H])[2H])C([2H])([2H])C1([2H])[2H]. The smallest absolute Gasteiger partial charge is 0.139 e. The monoisotopic (exact) mass is 216 g/mol. The average Bonchev–Trinajstić information content (AvgIpc) is 2.68. The van der Waals surface area contributed by atoms with Crippen LogP contribution in [0.5, 0.6) is 0 Å². The zero-order valence-electron chi connectivity index (χ0n) is 28.9. The van der Waals surface area contributed by atoms with Gasteiger partial charge in [-0.3, -0.25) is 4.79 Å². The van der Waals surface area contributed by atoms with E-state index in [9.17, 15) is 4.79 Å². The average molecular weight is 216 g/mol. The van der Waals surface area contributed by atoms with Gasteiger partial charge in [0.05, 0.1) is 0 Å². The van der Waals surface area contributed by atoms with E-state index in [-0.39, 0.29) is 0 Å². The molecule has 0 bridgehead atoms. The van der Waals surface area contributed by atoms with Gasteiger partial charge in [-0.2, -0.15) is 0 Å². The lowest BCUT2D eigenvalue weighted by Crippen LogP contribution is -2.27. The van der Waals surface area contributed by atoms with Gasteiger partial charge in [0, 0.05) is 41.9 Å². The summed E-state index contributed by atoms with van der Waals surface area (Å²) in [5.74, 6) is -12.5. The van der Waals surface area contributed by atoms with Crippen molar-refractivity contribution in [1.29, 1.82) is 0 Å². The molecule has 0 spiro atoms. The van der Waals surface area contributed by atoms with Crippen molar-refractivity contribution < 1.29 is 35.0 Å². The molecule has 0 heterocycles. The van der Waals surface area contributed by atoms with Gasteiger partial charge in [-0.1, -0.05) is 38.2 Å². The Morgan fingerprint density at radius 3 is 1.57 bits per heavy atom. The molecule has 1 heteroatoms. The van der Waals surface area contributed by atoms with Crippen molar-refractivity contribution in [1.82, 2.24) is 0 Å². The molecule has 0 saturated heterocycles. The van der Waals surface area contributed by atoms with E-state index < -0.39 is 81.3 Å². The first-order valence-electron chi connectivity index (χ1n) is 14.7. The molecule has 2 fully saturated rings. The minimum atomic E-state index is -4.74. The van der Waals surface area contributed by atoms with Gasteiger partial charge in [-0.05, 0) is 25.5 Å². The van der Waals surface area contributed by atoms with Crippen molar-refractivity contribution in [3.05, 3.63) is 0 Å². The molecule has 0 aromatic rings. The topological polar surface area (TPSA) is 17.1 Å². The van der Waals surface area contributed by atoms with Gasteiger partial charge in [0.25, 0.3) is 0 Å². The lowest BCUT2D eigenvalue weighted by atomic mass is 9.77. The van der Waals surface area contributed by atoms with E-state index in [1.165, 1.54) is 0 Å². The van der Waals surface area contributed by atoms with E-state index in [0.717, 1.165) is 0 Å². The Balaban J connectivity index is 3.14. The van der Waals surface area contributed by atoms with E-state index in [1.54, 1.807) is 0 Å². The predicted molar refractivity (Wildman–Crippen MR) is 58.2 cm³/mol. The number of carbonyl (C=O) groups is 1. The van der Waals surface area contributed by atoms with Crippen LogP contribution in [0.1, 0.15) is 93.9 Å². The van der Waals surface area contributed by atoms with Crippen molar-refractivity contribution in [3.8, 4) is 0 Å². The maximum atomic E-state index is 13.8. The lowest BCUT2D eigenvalue weighted by molar-refractivity contribution is -0.128. The Morgan fingerprint density at radius 1 is 0.857 bits per heavy atom. The fraction of sp³-hybridized carbons (Fsp3) is 0.923. The van der Waals surface area contributed by atoms with Crippen LogP contribution in [-0.4, -0.2) is 5.78 Å². The first kappa shape index (κ1) is 1.63. The normalized spacial score (nSPS) is 90.0. The molecule has 2 aliphatic rings. The van der Waals surface area contributed by atoms with Gasteiger partial charge in [-0.15, -0.1) is 0 Å². The third-order valence-corrected chi connectivity index (χ3v) is 1.45. The Kier molecular flexibility index (Phi) is 0.577. The maximum absolute atomic E-state index is 13.8. The molecule has 0 atom stereocenters. The standard InChI is InChI=1S/C13H22O/c14-13(11-7-3-1-4-8-11)12-9-5-2-6-10-12/h11-12H,1-10H2/i1D2,2D2,3D2,4D2,5D2,6D2,7D2,8D2,9D2,10D2,11D,12D. The Hall–Kier alpha value is -0.330. The summed E-state index contributed by atoms with van der Waals surface area (Å²) in [7, 11) is 0. The van der Waals surface area contributed by atoms with Crippen molar-refractivity contribution in [2.24, 2.45) is 11.8 Å². The van der Waals surface area contributed by atoms with Crippen LogP contribution in [0.25, 0.3) is 0 Å². The molecule has 2 saturated carbocycles. The van der Waals surface area contributed by atoms with Gasteiger partial charge < -0.3 is 0 Å². The molecule has 0 radical (unpaired) electrons. The summed E-state index contributed by atoms with van der Waals surface area (Å²) in [5, 5.41) is 0. The highest BCUT2D eigenvalue weighted by Gasteiger charge is 2.28. The second kappa shape index (κ2) is 4.95. The van der Waals surface area contributed by atoms with Gasteiger partial charge in [0.2, 0.25) is 0 Å². The molecule has 0 amide bonds. The zero-order chi connectivity index (χ0) is 29.6. The summed E-state index contributed by atoms with van der Waals surface area (Å²) in [4.78, 5) is 13.8. The molecule has 2 rings (SSSR count). The molecule has 0 N–H and O–H groups in total. The van der Waals surface area contributed by atoms with Gasteiger partial charge >= 0.3 is 0 Å². The van der Waals surface area contributed by atoms with Crippen LogP contribution < -0.4 is 0 Å². The molecule has 14 heavy (non-hydrogen) atoms. The van der Waals surface area contributed by atoms with Crippen molar-refractivity contribution in [2.45, 2.75) is 63.7 Å². The van der Waals surface area contributed by atoms with Crippen LogP contribution in [-0.2, 0) is 4.79 Å². The van der Waals surface area contributed by atoms with Crippen LogP contribution in [0.3, 0.4) is 0 Å². The second-order valence-corrected chi connectivity index (χ2v) is 2.33. The van der Waals surface area contributed by atoms with Gasteiger partial charge in [0.1, 0.15) is 5.78 Å². The summed E-state index contributed by atoms with van der Waals surface area (Å²) in [6.45, 7) is 0. The molecular formula is C13H22O. The minimum absolute atomic E-state index is 2.98. The molecule has 0 aromatic carbocycles. The van der Waals surface area contributed by atoms with Crippen molar-refractivity contribution in [2.75, 3.05) is 0 Å². The highest BCUT2D eigenvalue weighted by molar-refractivity contribution is 5.83.